The lowest BCUT2D eigenvalue weighted by molar-refractivity contribution is -0.120. The van der Waals surface area contributed by atoms with Gasteiger partial charge in [0, 0.05) is 25.4 Å². The van der Waals surface area contributed by atoms with Gasteiger partial charge in [0.15, 0.2) is 0 Å². The minimum atomic E-state index is 0.0552. The van der Waals surface area contributed by atoms with Crippen LogP contribution in [-0.4, -0.2) is 23.2 Å². The lowest BCUT2D eigenvalue weighted by Crippen LogP contribution is -2.17. The van der Waals surface area contributed by atoms with E-state index in [1.807, 2.05) is 6.07 Å². The summed E-state index contributed by atoms with van der Waals surface area (Å²) < 4.78 is 0. The quantitative estimate of drug-likeness (QED) is 0.646. The third-order valence-electron chi connectivity index (χ3n) is 1.46. The van der Waals surface area contributed by atoms with Gasteiger partial charge in [0.25, 0.3) is 0 Å². The number of nitrogens with zero attached hydrogens (tertiary/aromatic N) is 1. The molecule has 1 aromatic rings. The summed E-state index contributed by atoms with van der Waals surface area (Å²) in [5.74, 6) is 0.0552. The van der Waals surface area contributed by atoms with Gasteiger partial charge in [-0.25, -0.2) is 0 Å². The van der Waals surface area contributed by atoms with E-state index in [4.69, 9.17) is 0 Å². The summed E-state index contributed by atoms with van der Waals surface area (Å²) >= 11 is 0. The molecule has 0 aromatic carbocycles. The predicted molar refractivity (Wildman–Crippen MR) is 41.0 cm³/mol. The number of aryl methyl sites for hydroxylation is 1. The highest BCUT2D eigenvalue weighted by molar-refractivity contribution is 5.75. The van der Waals surface area contributed by atoms with Gasteiger partial charge in [-0.05, 0) is 12.5 Å². The van der Waals surface area contributed by atoms with Crippen molar-refractivity contribution in [2.24, 2.45) is 0 Å². The van der Waals surface area contributed by atoms with Gasteiger partial charge in [-0.1, -0.05) is 0 Å². The highest BCUT2D eigenvalue weighted by Crippen LogP contribution is 1.96. The Bertz CT molecular complexity index is 218. The van der Waals surface area contributed by atoms with Crippen molar-refractivity contribution in [3.8, 4) is 0 Å². The summed E-state index contributed by atoms with van der Waals surface area (Å²) in [6, 6.07) is 1.86. The second kappa shape index (κ2) is 3.75. The van der Waals surface area contributed by atoms with E-state index >= 15 is 0 Å². The van der Waals surface area contributed by atoms with Crippen LogP contribution in [0.25, 0.3) is 0 Å². The van der Waals surface area contributed by atoms with Gasteiger partial charge >= 0.3 is 0 Å². The maximum absolute atomic E-state index is 10.8. The molecule has 1 rings (SSSR count). The molecule has 0 atom stereocenters. The number of aromatic nitrogens is 2. The molecule has 0 aliphatic heterocycles. The molecule has 0 radical (unpaired) electrons. The third kappa shape index (κ3) is 2.41. The van der Waals surface area contributed by atoms with Crippen molar-refractivity contribution in [2.75, 3.05) is 7.05 Å². The SMILES string of the molecule is CNC(=O)CCc1ccn[nH]1. The Morgan fingerprint density at radius 2 is 2.64 bits per heavy atom. The second-order valence-corrected chi connectivity index (χ2v) is 2.26. The third-order valence-corrected chi connectivity index (χ3v) is 1.46. The van der Waals surface area contributed by atoms with Crippen molar-refractivity contribution in [2.45, 2.75) is 12.8 Å². The van der Waals surface area contributed by atoms with Crippen LogP contribution in [-0.2, 0) is 11.2 Å². The molecule has 11 heavy (non-hydrogen) atoms. The summed E-state index contributed by atoms with van der Waals surface area (Å²) in [7, 11) is 1.63. The molecule has 0 fully saturated rings. The number of rotatable bonds is 3. The van der Waals surface area contributed by atoms with Crippen molar-refractivity contribution >= 4 is 5.91 Å². The lowest BCUT2D eigenvalue weighted by atomic mass is 10.2. The van der Waals surface area contributed by atoms with Crippen molar-refractivity contribution in [3.05, 3.63) is 18.0 Å². The molecule has 0 bridgehead atoms. The minimum absolute atomic E-state index is 0.0552. The molecular formula is C7H11N3O. The molecule has 1 aromatic heterocycles. The highest BCUT2D eigenvalue weighted by Gasteiger charge is 1.98. The van der Waals surface area contributed by atoms with Crippen LogP contribution in [0.2, 0.25) is 0 Å². The van der Waals surface area contributed by atoms with Gasteiger partial charge in [0.1, 0.15) is 0 Å². The number of nitrogens with one attached hydrogen (secondary N) is 2. The smallest absolute Gasteiger partial charge is 0.220 e. The first-order valence-corrected chi connectivity index (χ1v) is 3.52. The Morgan fingerprint density at radius 1 is 1.82 bits per heavy atom. The van der Waals surface area contributed by atoms with E-state index in [0.29, 0.717) is 6.42 Å². The largest absolute Gasteiger partial charge is 0.359 e. The van der Waals surface area contributed by atoms with Crippen molar-refractivity contribution in [1.82, 2.24) is 15.5 Å². The van der Waals surface area contributed by atoms with Gasteiger partial charge in [-0.15, -0.1) is 0 Å². The van der Waals surface area contributed by atoms with Crippen LogP contribution >= 0.6 is 0 Å². The van der Waals surface area contributed by atoms with Gasteiger partial charge < -0.3 is 5.32 Å². The number of hydrogen-bond acceptors (Lipinski definition) is 2. The molecule has 0 unspecified atom stereocenters. The Hall–Kier alpha value is -1.32. The molecule has 60 valence electrons. The molecule has 2 N–H and O–H groups in total. The average Bonchev–Trinajstić information content (AvgIpc) is 2.52. The topological polar surface area (TPSA) is 57.8 Å². The number of aromatic amines is 1. The van der Waals surface area contributed by atoms with Crippen LogP contribution in [0.5, 0.6) is 0 Å². The zero-order chi connectivity index (χ0) is 8.10. The summed E-state index contributed by atoms with van der Waals surface area (Å²) in [6.07, 6.45) is 2.91. The van der Waals surface area contributed by atoms with Gasteiger partial charge in [-0.3, -0.25) is 9.89 Å². The van der Waals surface area contributed by atoms with Crippen LogP contribution in [0.3, 0.4) is 0 Å². The summed E-state index contributed by atoms with van der Waals surface area (Å²) in [4.78, 5) is 10.8. The maximum atomic E-state index is 10.8. The molecule has 1 heterocycles. The number of H-pyrrole nitrogens is 1. The standard InChI is InChI=1S/C7H11N3O/c1-8-7(11)3-2-6-4-5-9-10-6/h4-5H,2-3H2,1H3,(H,8,11)(H,9,10). The highest BCUT2D eigenvalue weighted by atomic mass is 16.1. The zero-order valence-corrected chi connectivity index (χ0v) is 6.42. The molecule has 4 nitrogen and oxygen atoms in total. The number of carbonyl (C=O) groups excluding carboxylic acids is 1. The number of hydrogen-bond donors (Lipinski definition) is 2. The second-order valence-electron chi connectivity index (χ2n) is 2.26. The van der Waals surface area contributed by atoms with Crippen molar-refractivity contribution in [3.63, 3.8) is 0 Å². The Balaban J connectivity index is 2.29. The molecular weight excluding hydrogens is 142 g/mol. The van der Waals surface area contributed by atoms with Crippen LogP contribution < -0.4 is 5.32 Å². The van der Waals surface area contributed by atoms with E-state index in [9.17, 15) is 4.79 Å². The molecule has 0 aliphatic carbocycles. The average molecular weight is 153 g/mol. The van der Waals surface area contributed by atoms with E-state index in [2.05, 4.69) is 15.5 Å². The fourth-order valence-corrected chi connectivity index (χ4v) is 0.797. The number of carbonyl (C=O) groups is 1. The Kier molecular flexibility index (Phi) is 2.66. The van der Waals surface area contributed by atoms with Crippen LogP contribution in [0, 0.1) is 0 Å². The van der Waals surface area contributed by atoms with Crippen LogP contribution in [0.4, 0.5) is 0 Å². The van der Waals surface area contributed by atoms with Crippen molar-refractivity contribution < 1.29 is 4.79 Å². The monoisotopic (exact) mass is 153 g/mol. The maximum Gasteiger partial charge on any atom is 0.220 e. The summed E-state index contributed by atoms with van der Waals surface area (Å²) in [5, 5.41) is 9.11. The summed E-state index contributed by atoms with van der Waals surface area (Å²) in [5.41, 5.74) is 0.994. The fraction of sp³-hybridized carbons (Fsp3) is 0.429. The molecule has 0 saturated heterocycles. The molecule has 4 heteroatoms. The first-order chi connectivity index (χ1) is 5.33. The summed E-state index contributed by atoms with van der Waals surface area (Å²) in [6.45, 7) is 0. The van der Waals surface area contributed by atoms with Crippen LogP contribution in [0.1, 0.15) is 12.1 Å². The van der Waals surface area contributed by atoms with Gasteiger partial charge in [0.2, 0.25) is 5.91 Å². The van der Waals surface area contributed by atoms with E-state index in [-0.39, 0.29) is 5.91 Å². The van der Waals surface area contributed by atoms with Gasteiger partial charge in [-0.2, -0.15) is 5.10 Å². The first kappa shape index (κ1) is 7.78. The van der Waals surface area contributed by atoms with E-state index < -0.39 is 0 Å². The fourth-order valence-electron chi connectivity index (χ4n) is 0.797. The molecule has 0 saturated carbocycles. The van der Waals surface area contributed by atoms with E-state index in [1.54, 1.807) is 13.2 Å². The van der Waals surface area contributed by atoms with E-state index in [0.717, 1.165) is 12.1 Å². The zero-order valence-electron chi connectivity index (χ0n) is 6.42. The Morgan fingerprint density at radius 3 is 3.18 bits per heavy atom. The van der Waals surface area contributed by atoms with E-state index in [1.165, 1.54) is 0 Å². The molecule has 1 amide bonds. The number of amides is 1. The lowest BCUT2D eigenvalue weighted by Gasteiger charge is -1.95. The van der Waals surface area contributed by atoms with Crippen molar-refractivity contribution in [1.29, 1.82) is 0 Å². The Labute approximate surface area is 65.0 Å². The minimum Gasteiger partial charge on any atom is -0.359 e. The van der Waals surface area contributed by atoms with Crippen LogP contribution in [0.15, 0.2) is 12.3 Å². The molecule has 0 aliphatic rings. The first-order valence-electron chi connectivity index (χ1n) is 3.52. The molecule has 0 spiro atoms. The normalized spacial score (nSPS) is 9.55. The van der Waals surface area contributed by atoms with Gasteiger partial charge in [0.05, 0.1) is 0 Å². The predicted octanol–water partition coefficient (Wildman–Crippen LogP) is 0.0883.